The van der Waals surface area contributed by atoms with Crippen LogP contribution in [-0.4, -0.2) is 40.9 Å². The Labute approximate surface area is 172 Å². The first-order valence-electron chi connectivity index (χ1n) is 9.36. The summed E-state index contributed by atoms with van der Waals surface area (Å²) >= 11 is 7.51. The van der Waals surface area contributed by atoms with Crippen LogP contribution in [0.3, 0.4) is 0 Å². The lowest BCUT2D eigenvalue weighted by atomic mass is 10.1. The molecule has 7 heteroatoms. The van der Waals surface area contributed by atoms with Crippen molar-refractivity contribution in [2.75, 3.05) is 31.1 Å². The quantitative estimate of drug-likeness (QED) is 0.651. The molecule has 1 fully saturated rings. The van der Waals surface area contributed by atoms with Crippen molar-refractivity contribution in [1.82, 2.24) is 8.86 Å². The van der Waals surface area contributed by atoms with Crippen LogP contribution in [0.2, 0.25) is 5.02 Å². The van der Waals surface area contributed by atoms with Gasteiger partial charge in [0.15, 0.2) is 0 Å². The van der Waals surface area contributed by atoms with Gasteiger partial charge < -0.3 is 9.80 Å². The van der Waals surface area contributed by atoms with Crippen molar-refractivity contribution in [3.63, 3.8) is 0 Å². The summed E-state index contributed by atoms with van der Waals surface area (Å²) < 4.78 is 2.51. The molecule has 28 heavy (non-hydrogen) atoms. The number of anilines is 1. The number of rotatable bonds is 3. The highest BCUT2D eigenvalue weighted by Gasteiger charge is 2.28. The van der Waals surface area contributed by atoms with Crippen molar-refractivity contribution >= 4 is 44.8 Å². The molecule has 1 amide bonds. The summed E-state index contributed by atoms with van der Waals surface area (Å²) in [5.74, 6) is -0.00359. The Hall–Kier alpha value is -2.31. The third-order valence-electron chi connectivity index (χ3n) is 5.33. The SMILES string of the molecule is Cc1ccc(Cl)cc1N1CCN(C(=O)C(C)n2sc3ccccc3c2=O)CC1. The smallest absolute Gasteiger partial charge is 0.269 e. The molecule has 0 radical (unpaired) electrons. The molecule has 1 unspecified atom stereocenters. The summed E-state index contributed by atoms with van der Waals surface area (Å²) in [6.07, 6.45) is 0. The molecule has 0 aliphatic carbocycles. The van der Waals surface area contributed by atoms with E-state index in [9.17, 15) is 9.59 Å². The largest absolute Gasteiger partial charge is 0.368 e. The number of fused-ring (bicyclic) bond motifs is 1. The van der Waals surface area contributed by atoms with Crippen molar-refractivity contribution in [2.45, 2.75) is 19.9 Å². The monoisotopic (exact) mass is 415 g/mol. The van der Waals surface area contributed by atoms with Crippen LogP contribution >= 0.6 is 23.1 Å². The highest BCUT2D eigenvalue weighted by molar-refractivity contribution is 7.14. The lowest BCUT2D eigenvalue weighted by molar-refractivity contribution is -0.134. The van der Waals surface area contributed by atoms with Crippen molar-refractivity contribution in [2.24, 2.45) is 0 Å². The van der Waals surface area contributed by atoms with Gasteiger partial charge in [-0.2, -0.15) is 0 Å². The van der Waals surface area contributed by atoms with Gasteiger partial charge in [-0.25, -0.2) is 0 Å². The Balaban J connectivity index is 1.48. The first-order valence-corrected chi connectivity index (χ1v) is 10.5. The normalized spacial score (nSPS) is 15.8. The van der Waals surface area contributed by atoms with E-state index in [4.69, 9.17) is 11.6 Å². The fourth-order valence-electron chi connectivity index (χ4n) is 3.70. The van der Waals surface area contributed by atoms with E-state index in [1.807, 2.05) is 54.3 Å². The van der Waals surface area contributed by atoms with Crippen LogP contribution in [0.25, 0.3) is 10.1 Å². The second-order valence-electron chi connectivity index (χ2n) is 7.14. The molecule has 0 N–H and O–H groups in total. The van der Waals surface area contributed by atoms with E-state index >= 15 is 0 Å². The third-order valence-corrected chi connectivity index (χ3v) is 6.79. The Morgan fingerprint density at radius 3 is 2.54 bits per heavy atom. The van der Waals surface area contributed by atoms with Crippen LogP contribution in [0.4, 0.5) is 5.69 Å². The van der Waals surface area contributed by atoms with E-state index in [1.54, 1.807) is 3.96 Å². The molecule has 0 spiro atoms. The van der Waals surface area contributed by atoms with E-state index < -0.39 is 6.04 Å². The molecule has 0 saturated carbocycles. The number of carbonyl (C=O) groups excluding carboxylic acids is 1. The number of aromatic nitrogens is 1. The molecular weight excluding hydrogens is 394 g/mol. The van der Waals surface area contributed by atoms with Gasteiger partial charge in [0.1, 0.15) is 6.04 Å². The maximum Gasteiger partial charge on any atom is 0.269 e. The summed E-state index contributed by atoms with van der Waals surface area (Å²) in [5, 5.41) is 1.39. The number of piperazine rings is 1. The molecule has 1 aliphatic rings. The van der Waals surface area contributed by atoms with Gasteiger partial charge in [0.2, 0.25) is 5.91 Å². The highest BCUT2D eigenvalue weighted by atomic mass is 35.5. The number of amides is 1. The second-order valence-corrected chi connectivity index (χ2v) is 8.59. The van der Waals surface area contributed by atoms with Crippen LogP contribution in [0.5, 0.6) is 0 Å². The minimum Gasteiger partial charge on any atom is -0.368 e. The fourth-order valence-corrected chi connectivity index (χ4v) is 4.90. The number of hydrogen-bond acceptors (Lipinski definition) is 4. The summed E-state index contributed by atoms with van der Waals surface area (Å²) in [7, 11) is 0. The molecule has 146 valence electrons. The first-order chi connectivity index (χ1) is 13.5. The van der Waals surface area contributed by atoms with Gasteiger partial charge in [-0.3, -0.25) is 13.5 Å². The molecule has 0 bridgehead atoms. The van der Waals surface area contributed by atoms with E-state index in [0.717, 1.165) is 28.5 Å². The van der Waals surface area contributed by atoms with Crippen LogP contribution in [0.1, 0.15) is 18.5 Å². The predicted molar refractivity (Wildman–Crippen MR) is 116 cm³/mol. The van der Waals surface area contributed by atoms with Crippen molar-refractivity contribution in [3.05, 3.63) is 63.4 Å². The minimum atomic E-state index is -0.496. The molecule has 1 aromatic heterocycles. The van der Waals surface area contributed by atoms with Crippen molar-refractivity contribution in [1.29, 1.82) is 0 Å². The average Bonchev–Trinajstić information content (AvgIpc) is 3.06. The minimum absolute atomic E-state index is 0.00359. The van der Waals surface area contributed by atoms with Crippen LogP contribution < -0.4 is 10.5 Å². The van der Waals surface area contributed by atoms with E-state index in [1.165, 1.54) is 17.1 Å². The van der Waals surface area contributed by atoms with Crippen LogP contribution in [-0.2, 0) is 4.79 Å². The summed E-state index contributed by atoms with van der Waals surface area (Å²) in [4.78, 5) is 29.8. The Morgan fingerprint density at radius 2 is 1.82 bits per heavy atom. The van der Waals surface area contributed by atoms with Gasteiger partial charge in [-0.05, 0) is 43.7 Å². The summed E-state index contributed by atoms with van der Waals surface area (Å²) in [6, 6.07) is 12.9. The molecule has 1 saturated heterocycles. The Bertz CT molecular complexity index is 1080. The zero-order valence-electron chi connectivity index (χ0n) is 15.9. The zero-order valence-corrected chi connectivity index (χ0v) is 17.5. The van der Waals surface area contributed by atoms with Crippen molar-refractivity contribution < 1.29 is 4.79 Å². The van der Waals surface area contributed by atoms with Gasteiger partial charge in [0, 0.05) is 36.9 Å². The van der Waals surface area contributed by atoms with Gasteiger partial charge in [0.25, 0.3) is 5.56 Å². The summed E-state index contributed by atoms with van der Waals surface area (Å²) in [6.45, 7) is 6.65. The second kappa shape index (κ2) is 7.60. The number of aryl methyl sites for hydroxylation is 1. The molecule has 5 nitrogen and oxygen atoms in total. The molecule has 3 aromatic rings. The molecule has 1 aliphatic heterocycles. The standard InChI is InChI=1S/C21H22ClN3O2S/c1-14-7-8-16(22)13-18(14)23-9-11-24(12-10-23)20(26)15(2)25-21(27)17-5-3-4-6-19(17)28-25/h3-8,13,15H,9-12H2,1-2H3. The number of benzene rings is 2. The van der Waals surface area contributed by atoms with E-state index in [-0.39, 0.29) is 11.5 Å². The number of halogens is 1. The fraction of sp³-hybridized carbons (Fsp3) is 0.333. The third kappa shape index (κ3) is 3.42. The van der Waals surface area contributed by atoms with Gasteiger partial charge in [0.05, 0.1) is 10.1 Å². The number of carbonyl (C=O) groups is 1. The first kappa shape index (κ1) is 19.0. The number of hydrogen-bond donors (Lipinski definition) is 0. The predicted octanol–water partition coefficient (Wildman–Crippen LogP) is 3.93. The maximum absolute atomic E-state index is 13.0. The van der Waals surface area contributed by atoms with Crippen molar-refractivity contribution in [3.8, 4) is 0 Å². The highest BCUT2D eigenvalue weighted by Crippen LogP contribution is 2.26. The molecule has 1 atom stereocenters. The topological polar surface area (TPSA) is 45.5 Å². The summed E-state index contributed by atoms with van der Waals surface area (Å²) in [5.41, 5.74) is 2.21. The van der Waals surface area contributed by atoms with Crippen LogP contribution in [0, 0.1) is 6.92 Å². The zero-order chi connectivity index (χ0) is 19.8. The van der Waals surface area contributed by atoms with E-state index in [0.29, 0.717) is 18.5 Å². The van der Waals surface area contributed by atoms with Gasteiger partial charge >= 0.3 is 0 Å². The van der Waals surface area contributed by atoms with Gasteiger partial charge in [-0.15, -0.1) is 0 Å². The lowest BCUT2D eigenvalue weighted by Gasteiger charge is -2.37. The lowest BCUT2D eigenvalue weighted by Crippen LogP contribution is -2.50. The van der Waals surface area contributed by atoms with Crippen LogP contribution in [0.15, 0.2) is 47.3 Å². The average molecular weight is 416 g/mol. The Kier molecular flexibility index (Phi) is 5.17. The molecule has 2 aromatic carbocycles. The Morgan fingerprint density at radius 1 is 1.11 bits per heavy atom. The molecule has 4 rings (SSSR count). The molecular formula is C21H22ClN3O2S. The van der Waals surface area contributed by atoms with E-state index in [2.05, 4.69) is 11.8 Å². The maximum atomic E-state index is 13.0. The number of nitrogens with zero attached hydrogens (tertiary/aromatic N) is 3. The molecule has 2 heterocycles. The van der Waals surface area contributed by atoms with Gasteiger partial charge in [-0.1, -0.05) is 41.3 Å².